The van der Waals surface area contributed by atoms with Crippen LogP contribution in [0.2, 0.25) is 0 Å². The quantitative estimate of drug-likeness (QED) is 0.152. The summed E-state index contributed by atoms with van der Waals surface area (Å²) < 4.78 is 26.3. The molecule has 136 heavy (non-hydrogen) atoms. The Balaban J connectivity index is 0.000000123. The average molecular weight is 1830 g/mol. The fourth-order valence-corrected chi connectivity index (χ4v) is 20.9. The van der Waals surface area contributed by atoms with Crippen molar-refractivity contribution >= 4 is 171 Å². The average Bonchev–Trinajstić information content (AvgIpc) is 1.64. The van der Waals surface area contributed by atoms with Crippen LogP contribution in [0.4, 0.5) is 0 Å². The largest absolute Gasteiger partial charge is 0.456 e. The molecule has 3 aliphatic carbocycles. The maximum Gasteiger partial charge on any atom is 0.136 e. The van der Waals surface area contributed by atoms with Gasteiger partial charge < -0.3 is 13.3 Å². The Bertz CT molecular complexity index is 7670. The third-order valence-electron chi connectivity index (χ3n) is 23.5. The van der Waals surface area contributed by atoms with E-state index in [-0.39, 0.29) is 0 Å². The van der Waals surface area contributed by atoms with E-state index in [0.717, 1.165) is 52.8 Å². The summed E-state index contributed by atoms with van der Waals surface area (Å²) in [6, 6.07) is 151. The summed E-state index contributed by atoms with van der Waals surface area (Å²) in [4.78, 5) is 0. The molecule has 19 aromatic carbocycles. The molecule has 0 atom stereocenters. The molecule has 0 N–H and O–H groups in total. The second-order valence-corrected chi connectivity index (χ2v) is 34.9. The number of hydrogen-bond donors (Lipinski definition) is 0. The zero-order valence-electron chi connectivity index (χ0n) is 81.1. The summed E-state index contributed by atoms with van der Waals surface area (Å²) in [5.74, 6) is 0. The second kappa shape index (κ2) is 48.4. The van der Waals surface area contributed by atoms with Gasteiger partial charge in [-0.25, -0.2) is 0 Å². The highest BCUT2D eigenvalue weighted by Gasteiger charge is 2.24. The summed E-state index contributed by atoms with van der Waals surface area (Å²) in [7, 11) is 0. The van der Waals surface area contributed by atoms with Crippen molar-refractivity contribution < 1.29 is 13.3 Å². The van der Waals surface area contributed by atoms with E-state index < -0.39 is 0 Å². The Labute approximate surface area is 815 Å². The van der Waals surface area contributed by atoms with E-state index in [1.54, 1.807) is 0 Å². The number of thiophene rings is 3. The van der Waals surface area contributed by atoms with E-state index in [2.05, 4.69) is 360 Å². The van der Waals surface area contributed by atoms with Crippen molar-refractivity contribution in [2.45, 2.75) is 123 Å². The highest BCUT2D eigenvalue weighted by molar-refractivity contribution is 7.27. The Morgan fingerprint density at radius 3 is 0.750 bits per heavy atom. The Morgan fingerprint density at radius 1 is 0.162 bits per heavy atom. The van der Waals surface area contributed by atoms with Gasteiger partial charge in [0.2, 0.25) is 0 Å². The molecule has 0 spiro atoms. The van der Waals surface area contributed by atoms with Crippen molar-refractivity contribution in [3.8, 4) is 33.4 Å². The summed E-state index contributed by atoms with van der Waals surface area (Å²) in [6.45, 7) is 30.2. The van der Waals surface area contributed by atoms with Crippen LogP contribution in [-0.4, -0.2) is 0 Å². The first-order chi connectivity index (χ1) is 67.2. The number of hydrogen-bond acceptors (Lipinski definition) is 6. The van der Waals surface area contributed by atoms with Crippen LogP contribution in [0.25, 0.3) is 170 Å². The minimum Gasteiger partial charge on any atom is -0.456 e. The maximum atomic E-state index is 5.99. The molecule has 6 aromatic heterocycles. The molecule has 0 radical (unpaired) electrons. The van der Waals surface area contributed by atoms with Crippen LogP contribution >= 0.6 is 34.0 Å². The highest BCUT2D eigenvalue weighted by atomic mass is 32.1. The third kappa shape index (κ3) is 22.3. The molecule has 0 unspecified atom stereocenters. The summed E-state index contributed by atoms with van der Waals surface area (Å²) in [6.07, 6.45) is 3.07. The molecule has 6 heteroatoms. The van der Waals surface area contributed by atoms with Gasteiger partial charge in [-0.05, 0) is 202 Å². The third-order valence-corrected chi connectivity index (χ3v) is 27.1. The van der Waals surface area contributed by atoms with Gasteiger partial charge in [-0.2, -0.15) is 0 Å². The Kier molecular flexibility index (Phi) is 34.7. The van der Waals surface area contributed by atoms with Crippen molar-refractivity contribution in [1.82, 2.24) is 0 Å². The fraction of sp³-hybridized carbons (Fsp3) is 0.138. The molecule has 28 rings (SSSR count). The number of rotatable bonds is 0. The van der Waals surface area contributed by atoms with E-state index >= 15 is 0 Å². The van der Waals surface area contributed by atoms with Gasteiger partial charge in [-0.15, -0.1) is 34.0 Å². The Hall–Kier alpha value is -14.5. The van der Waals surface area contributed by atoms with E-state index in [9.17, 15) is 0 Å². The molecule has 0 saturated heterocycles. The van der Waals surface area contributed by atoms with Crippen LogP contribution in [0.5, 0.6) is 0 Å². The summed E-state index contributed by atoms with van der Waals surface area (Å²) in [5, 5.41) is 18.3. The smallest absolute Gasteiger partial charge is 0.136 e. The van der Waals surface area contributed by atoms with E-state index in [1.807, 2.05) is 208 Å². The van der Waals surface area contributed by atoms with Crippen LogP contribution in [0.15, 0.2) is 444 Å². The first-order valence-corrected chi connectivity index (χ1v) is 50.8. The molecule has 25 aromatic rings. The number of fused-ring (bicyclic) bond motifs is 29. The van der Waals surface area contributed by atoms with Gasteiger partial charge in [0, 0.05) is 92.8 Å². The first-order valence-electron chi connectivity index (χ1n) is 48.4. The van der Waals surface area contributed by atoms with Crippen molar-refractivity contribution in [3.05, 3.63) is 481 Å². The number of para-hydroxylation sites is 3. The van der Waals surface area contributed by atoms with Crippen molar-refractivity contribution in [3.63, 3.8) is 0 Å². The van der Waals surface area contributed by atoms with E-state index in [1.165, 1.54) is 187 Å². The van der Waals surface area contributed by atoms with Gasteiger partial charge in [-0.3, -0.25) is 0 Å². The van der Waals surface area contributed by atoms with Gasteiger partial charge >= 0.3 is 0 Å². The molecule has 0 amide bonds. The van der Waals surface area contributed by atoms with Crippen LogP contribution < -0.4 is 0 Å². The number of aryl methyl sites for hydroxylation is 3. The minimum absolute atomic E-state index is 0.972. The van der Waals surface area contributed by atoms with Crippen LogP contribution in [-0.2, 0) is 19.3 Å². The number of furan rings is 3. The second-order valence-electron chi connectivity index (χ2n) is 31.7. The topological polar surface area (TPSA) is 39.4 Å². The van der Waals surface area contributed by atoms with Crippen molar-refractivity contribution in [2.24, 2.45) is 0 Å². The standard InChI is InChI=1S/3C19H12O.C16H10S.2C12H8S.3C7H8.6C2H6/c1-2-6-14-12(5-1)9-13-10-19-17(11-16(13)14)15-7-3-4-8-18(15)20-19;2*1-2-6-14-12(5-1)9-13-10-17-15-7-3-4-8-18(15)20-19(17)11-16(13)14;1-2-6-12-11(5-1)9-10-14-13-7-3-4-8-15(13)17-16(12)14;2*1-3-7-11-9(5-1)10-6-2-4-8-12(10)13-11;3*1-7-5-3-2-4-6-7;6*1-2/h3*1-8,10-11H,9H2;1-10H;2*1-8H;3*2-6H,1H3;6*1-2H3. The normalized spacial score (nSPS) is 10.8. The zero-order chi connectivity index (χ0) is 95.2. The fourth-order valence-electron chi connectivity index (χ4n) is 17.5. The van der Waals surface area contributed by atoms with Gasteiger partial charge in [0.25, 0.3) is 0 Å². The van der Waals surface area contributed by atoms with Crippen LogP contribution in [0.3, 0.4) is 0 Å². The zero-order valence-corrected chi connectivity index (χ0v) is 83.5. The van der Waals surface area contributed by atoms with Gasteiger partial charge in [0.05, 0.1) is 0 Å². The molecule has 6 heterocycles. The molecule has 3 aliphatic rings. The van der Waals surface area contributed by atoms with Crippen molar-refractivity contribution in [2.75, 3.05) is 0 Å². The van der Waals surface area contributed by atoms with E-state index in [4.69, 9.17) is 13.3 Å². The summed E-state index contributed by atoms with van der Waals surface area (Å²) >= 11 is 5.61. The van der Waals surface area contributed by atoms with Gasteiger partial charge in [-0.1, -0.05) is 446 Å². The SMILES string of the molecule is CC.CC.CC.CC.CC.CC.Cc1ccccc1.Cc1ccccc1.Cc1ccccc1.c1ccc2c(c1)Cc1cc3c(cc1-2)oc1ccccc13.c1ccc2c(c1)Cc1cc3c(cc1-2)oc1ccccc13.c1ccc2c(c1)Cc1cc3oc4ccccc4c3cc1-2.c1ccc2c(c1)ccc1c3ccccc3sc21.c1ccc2c(c1)sc1ccccc12.c1ccc2c(c1)sc1ccccc12. The van der Waals surface area contributed by atoms with Gasteiger partial charge in [0.15, 0.2) is 0 Å². The molecule has 3 nitrogen and oxygen atoms in total. The lowest BCUT2D eigenvalue weighted by Gasteiger charge is -2.00. The lowest BCUT2D eigenvalue weighted by molar-refractivity contribution is 0.668. The highest BCUT2D eigenvalue weighted by Crippen LogP contribution is 2.46. The first kappa shape index (κ1) is 97.5. The Morgan fingerprint density at radius 2 is 0.412 bits per heavy atom. The monoisotopic (exact) mass is 1830 g/mol. The van der Waals surface area contributed by atoms with Crippen molar-refractivity contribution in [1.29, 1.82) is 0 Å². The van der Waals surface area contributed by atoms with Gasteiger partial charge in [0.1, 0.15) is 33.5 Å². The molecule has 0 saturated carbocycles. The predicted molar refractivity (Wildman–Crippen MR) is 603 cm³/mol. The molecular weight excluding hydrogens is 1710 g/mol. The number of benzene rings is 19. The molecule has 678 valence electrons. The molecule has 0 fully saturated rings. The predicted octanol–water partition coefficient (Wildman–Crippen LogP) is 40.9. The van der Waals surface area contributed by atoms with Crippen LogP contribution in [0, 0.1) is 20.8 Å². The van der Waals surface area contributed by atoms with Crippen LogP contribution in [0.1, 0.15) is 133 Å². The molecule has 0 aliphatic heterocycles. The molecule has 0 bridgehead atoms. The van der Waals surface area contributed by atoms with E-state index in [0.29, 0.717) is 0 Å². The minimum atomic E-state index is 0.972. The lowest BCUT2D eigenvalue weighted by Crippen LogP contribution is -1.79. The lowest BCUT2D eigenvalue weighted by atomic mass is 10.0. The maximum absolute atomic E-state index is 5.99. The molecular formula is C130H122O3S3. The summed E-state index contributed by atoms with van der Waals surface area (Å²) in [5.41, 5.74) is 26.4.